The molecule has 0 radical (unpaired) electrons. The summed E-state index contributed by atoms with van der Waals surface area (Å²) in [7, 11) is 2.14. The number of halogens is 1. The van der Waals surface area contributed by atoms with Gasteiger partial charge in [0.25, 0.3) is 0 Å². The molecule has 0 spiro atoms. The fourth-order valence-electron chi connectivity index (χ4n) is 4.15. The van der Waals surface area contributed by atoms with Crippen LogP contribution in [-0.4, -0.2) is 55.7 Å². The molecule has 2 amide bonds. The Morgan fingerprint density at radius 3 is 2.55 bits per heavy atom. The fraction of sp³-hybridized carbons (Fsp3) is 0.304. The van der Waals surface area contributed by atoms with E-state index in [1.165, 1.54) is 0 Å². The molecule has 3 aromatic rings. The Hall–Kier alpha value is -2.61. The van der Waals surface area contributed by atoms with Gasteiger partial charge < -0.3 is 15.1 Å². The number of thiazole rings is 1. The van der Waals surface area contributed by atoms with Crippen molar-refractivity contribution in [3.8, 4) is 10.6 Å². The first-order valence-corrected chi connectivity index (χ1v) is 11.7. The van der Waals surface area contributed by atoms with Crippen LogP contribution in [0.3, 0.4) is 0 Å². The Balaban J connectivity index is 1.33. The molecule has 0 aliphatic carbocycles. The molecule has 3 heterocycles. The second-order valence-corrected chi connectivity index (χ2v) is 9.27. The number of carbonyl (C=O) groups excluding carboxylic acids is 1. The Morgan fingerprint density at radius 2 is 1.84 bits per heavy atom. The van der Waals surface area contributed by atoms with Gasteiger partial charge in [-0.1, -0.05) is 11.6 Å². The van der Waals surface area contributed by atoms with Crippen molar-refractivity contribution in [2.75, 3.05) is 54.9 Å². The van der Waals surface area contributed by atoms with E-state index in [9.17, 15) is 4.79 Å². The average Bonchev–Trinajstić information content (AvgIpc) is 3.44. The highest BCUT2D eigenvalue weighted by atomic mass is 35.5. The summed E-state index contributed by atoms with van der Waals surface area (Å²) in [5.74, 6) is 0. The Labute approximate surface area is 191 Å². The van der Waals surface area contributed by atoms with Crippen molar-refractivity contribution in [1.82, 2.24) is 9.88 Å². The minimum atomic E-state index is -0.118. The van der Waals surface area contributed by atoms with Crippen LogP contribution in [0, 0.1) is 0 Å². The summed E-state index contributed by atoms with van der Waals surface area (Å²) in [6.07, 6.45) is 2.61. The molecule has 2 aliphatic heterocycles. The molecule has 2 aliphatic rings. The molecule has 0 bridgehead atoms. The fourth-order valence-corrected chi connectivity index (χ4v) is 5.10. The van der Waals surface area contributed by atoms with Crippen LogP contribution in [0.5, 0.6) is 0 Å². The molecule has 160 valence electrons. The van der Waals surface area contributed by atoms with Crippen LogP contribution in [-0.2, 0) is 6.42 Å². The molecule has 0 unspecified atom stereocenters. The van der Waals surface area contributed by atoms with E-state index in [-0.39, 0.29) is 6.03 Å². The number of nitrogens with zero attached hydrogens (tertiary/aromatic N) is 4. The molecule has 5 rings (SSSR count). The Morgan fingerprint density at radius 1 is 1.06 bits per heavy atom. The summed E-state index contributed by atoms with van der Waals surface area (Å²) < 4.78 is 0. The SMILES string of the molecule is CN1CCN(c2cc3c(cc2Cl)CCN3C(=O)Nc2ccc(-c3nccs3)cc2)CC1. The first kappa shape index (κ1) is 20.3. The standard InChI is InChI=1S/C23H24ClN5OS/c1-27-9-11-28(12-10-27)21-15-20-17(14-19(21)24)6-8-29(20)23(30)26-18-4-2-16(3-5-18)22-25-7-13-31-22/h2-5,7,13-15H,6,8-12H2,1H3,(H,26,30). The highest BCUT2D eigenvalue weighted by molar-refractivity contribution is 7.13. The minimum absolute atomic E-state index is 0.118. The lowest BCUT2D eigenvalue weighted by Crippen LogP contribution is -2.44. The maximum absolute atomic E-state index is 13.1. The van der Waals surface area contributed by atoms with Gasteiger partial charge in [0.05, 0.1) is 16.4 Å². The lowest BCUT2D eigenvalue weighted by Gasteiger charge is -2.35. The van der Waals surface area contributed by atoms with E-state index < -0.39 is 0 Å². The molecule has 1 N–H and O–H groups in total. The monoisotopic (exact) mass is 453 g/mol. The molecule has 2 aromatic carbocycles. The summed E-state index contributed by atoms with van der Waals surface area (Å²) in [5.41, 5.74) is 4.91. The molecular formula is C23H24ClN5OS. The third-order valence-electron chi connectivity index (χ3n) is 5.95. The molecule has 1 saturated heterocycles. The summed E-state index contributed by atoms with van der Waals surface area (Å²) in [4.78, 5) is 23.8. The van der Waals surface area contributed by atoms with E-state index in [1.807, 2.05) is 40.6 Å². The van der Waals surface area contributed by atoms with Crippen molar-refractivity contribution < 1.29 is 4.79 Å². The maximum Gasteiger partial charge on any atom is 0.326 e. The van der Waals surface area contributed by atoms with Gasteiger partial charge in [-0.3, -0.25) is 4.90 Å². The van der Waals surface area contributed by atoms with E-state index in [1.54, 1.807) is 17.5 Å². The van der Waals surface area contributed by atoms with Gasteiger partial charge in [0.2, 0.25) is 0 Å². The van der Waals surface area contributed by atoms with Gasteiger partial charge in [-0.25, -0.2) is 9.78 Å². The number of piperazine rings is 1. The number of likely N-dealkylation sites (N-methyl/N-ethyl adjacent to an activating group) is 1. The number of anilines is 3. The number of rotatable bonds is 3. The number of hydrogen-bond donors (Lipinski definition) is 1. The van der Waals surface area contributed by atoms with E-state index >= 15 is 0 Å². The first-order chi connectivity index (χ1) is 15.1. The van der Waals surface area contributed by atoms with Crippen molar-refractivity contribution in [3.63, 3.8) is 0 Å². The number of fused-ring (bicyclic) bond motifs is 1. The molecule has 0 saturated carbocycles. The van der Waals surface area contributed by atoms with Gasteiger partial charge in [-0.15, -0.1) is 11.3 Å². The first-order valence-electron chi connectivity index (χ1n) is 10.4. The molecule has 1 aromatic heterocycles. The molecule has 6 nitrogen and oxygen atoms in total. The third kappa shape index (κ3) is 4.13. The lowest BCUT2D eigenvalue weighted by atomic mass is 10.1. The number of carbonyl (C=O) groups is 1. The number of amides is 2. The summed E-state index contributed by atoms with van der Waals surface area (Å²) in [5, 5.41) is 6.73. The predicted octanol–water partition coefficient (Wildman–Crippen LogP) is 4.81. The maximum atomic E-state index is 13.1. The van der Waals surface area contributed by atoms with Crippen LogP contribution >= 0.6 is 22.9 Å². The summed E-state index contributed by atoms with van der Waals surface area (Å²) in [6, 6.07) is 11.8. The van der Waals surface area contributed by atoms with Crippen LogP contribution in [0.15, 0.2) is 48.0 Å². The quantitative estimate of drug-likeness (QED) is 0.618. The highest BCUT2D eigenvalue weighted by Crippen LogP contribution is 2.38. The Bertz CT molecular complexity index is 1080. The zero-order chi connectivity index (χ0) is 21.4. The van der Waals surface area contributed by atoms with Crippen LogP contribution in [0.4, 0.5) is 21.9 Å². The molecule has 1 fully saturated rings. The zero-order valence-corrected chi connectivity index (χ0v) is 18.9. The zero-order valence-electron chi connectivity index (χ0n) is 17.3. The minimum Gasteiger partial charge on any atom is -0.368 e. The van der Waals surface area contributed by atoms with E-state index in [0.717, 1.165) is 70.8 Å². The van der Waals surface area contributed by atoms with Crippen LogP contribution in [0.1, 0.15) is 5.56 Å². The normalized spacial score (nSPS) is 16.5. The van der Waals surface area contributed by atoms with Crippen LogP contribution < -0.4 is 15.1 Å². The van der Waals surface area contributed by atoms with Crippen molar-refractivity contribution in [2.45, 2.75) is 6.42 Å². The van der Waals surface area contributed by atoms with E-state index in [4.69, 9.17) is 11.6 Å². The molecular weight excluding hydrogens is 430 g/mol. The smallest absolute Gasteiger partial charge is 0.326 e. The predicted molar refractivity (Wildman–Crippen MR) is 129 cm³/mol. The second kappa shape index (κ2) is 8.49. The van der Waals surface area contributed by atoms with Crippen molar-refractivity contribution in [2.24, 2.45) is 0 Å². The molecule has 31 heavy (non-hydrogen) atoms. The number of nitrogens with one attached hydrogen (secondary N) is 1. The molecule has 8 heteroatoms. The number of urea groups is 1. The second-order valence-electron chi connectivity index (χ2n) is 7.97. The highest BCUT2D eigenvalue weighted by Gasteiger charge is 2.28. The number of hydrogen-bond acceptors (Lipinski definition) is 5. The van der Waals surface area contributed by atoms with E-state index in [0.29, 0.717) is 6.54 Å². The molecule has 0 atom stereocenters. The number of aromatic nitrogens is 1. The van der Waals surface area contributed by atoms with Gasteiger partial charge in [0, 0.05) is 55.6 Å². The topological polar surface area (TPSA) is 51.7 Å². The summed E-state index contributed by atoms with van der Waals surface area (Å²) in [6.45, 7) is 4.55. The van der Waals surface area contributed by atoms with Gasteiger partial charge in [0.1, 0.15) is 5.01 Å². The van der Waals surface area contributed by atoms with Gasteiger partial charge in [-0.05, 0) is 55.4 Å². The van der Waals surface area contributed by atoms with Crippen molar-refractivity contribution in [1.29, 1.82) is 0 Å². The lowest BCUT2D eigenvalue weighted by molar-refractivity contribution is 0.257. The van der Waals surface area contributed by atoms with Crippen molar-refractivity contribution >= 4 is 46.0 Å². The van der Waals surface area contributed by atoms with Gasteiger partial charge >= 0.3 is 6.03 Å². The van der Waals surface area contributed by atoms with Crippen LogP contribution in [0.2, 0.25) is 5.02 Å². The largest absolute Gasteiger partial charge is 0.368 e. The van der Waals surface area contributed by atoms with Crippen LogP contribution in [0.25, 0.3) is 10.6 Å². The van der Waals surface area contributed by atoms with Crippen molar-refractivity contribution in [3.05, 3.63) is 58.6 Å². The summed E-state index contributed by atoms with van der Waals surface area (Å²) >= 11 is 8.21. The Kier molecular flexibility index (Phi) is 5.56. The van der Waals surface area contributed by atoms with Gasteiger partial charge in [-0.2, -0.15) is 0 Å². The van der Waals surface area contributed by atoms with E-state index in [2.05, 4.69) is 33.2 Å². The number of benzene rings is 2. The average molecular weight is 454 g/mol. The van der Waals surface area contributed by atoms with Gasteiger partial charge in [0.15, 0.2) is 0 Å². The third-order valence-corrected chi connectivity index (χ3v) is 7.07.